The normalized spacial score (nSPS) is 22.3. The molecule has 0 aliphatic carbocycles. The van der Waals surface area contributed by atoms with Gasteiger partial charge in [-0.2, -0.15) is 0 Å². The van der Waals surface area contributed by atoms with Gasteiger partial charge >= 0.3 is 0 Å². The van der Waals surface area contributed by atoms with Crippen LogP contribution in [0.25, 0.3) is 5.32 Å². The van der Waals surface area contributed by atoms with Crippen molar-refractivity contribution in [1.29, 1.82) is 0 Å². The number of nitrogens with zero attached hydrogens (tertiary/aromatic N) is 2. The lowest BCUT2D eigenvalue weighted by Gasteiger charge is -2.34. The van der Waals surface area contributed by atoms with Crippen molar-refractivity contribution < 1.29 is 5.11 Å². The lowest BCUT2D eigenvalue weighted by atomic mass is 10.4. The second-order valence-corrected chi connectivity index (χ2v) is 2.24. The summed E-state index contributed by atoms with van der Waals surface area (Å²) < 4.78 is 0. The smallest absolute Gasteiger partial charge is 0.0558 e. The van der Waals surface area contributed by atoms with E-state index in [0.717, 1.165) is 32.7 Å². The van der Waals surface area contributed by atoms with E-state index in [-0.39, 0.29) is 6.61 Å². The van der Waals surface area contributed by atoms with Crippen LogP contribution < -0.4 is 0 Å². The van der Waals surface area contributed by atoms with E-state index >= 15 is 0 Å². The van der Waals surface area contributed by atoms with Crippen LogP contribution in [-0.4, -0.2) is 49.3 Å². The maximum atomic E-state index is 8.55. The molecule has 1 rings (SSSR count). The minimum Gasteiger partial charge on any atom is -0.660 e. The highest BCUT2D eigenvalue weighted by Crippen LogP contribution is 1.99. The van der Waals surface area contributed by atoms with E-state index < -0.39 is 0 Å². The molecular weight excluding hydrogens is 116 g/mol. The van der Waals surface area contributed by atoms with Crippen LogP contribution in [0.1, 0.15) is 0 Å². The zero-order chi connectivity index (χ0) is 6.53. The molecule has 0 aromatic carbocycles. The number of β-amino-alcohol motifs (C(OH)–C–C–N with tert-alkyl or cyclic N) is 1. The van der Waals surface area contributed by atoms with Gasteiger partial charge in [0.05, 0.1) is 6.61 Å². The van der Waals surface area contributed by atoms with Gasteiger partial charge in [-0.25, -0.2) is 0 Å². The molecule has 9 heavy (non-hydrogen) atoms. The van der Waals surface area contributed by atoms with Crippen molar-refractivity contribution >= 4 is 0 Å². The van der Waals surface area contributed by atoms with E-state index in [2.05, 4.69) is 10.2 Å². The monoisotopic (exact) mass is 129 g/mol. The number of rotatable bonds is 2. The lowest BCUT2D eigenvalue weighted by molar-refractivity contribution is 0.198. The summed E-state index contributed by atoms with van der Waals surface area (Å²) in [5.41, 5.74) is 0. The van der Waals surface area contributed by atoms with Crippen molar-refractivity contribution in [3.05, 3.63) is 5.32 Å². The first-order chi connectivity index (χ1) is 4.43. The van der Waals surface area contributed by atoms with Gasteiger partial charge in [0.2, 0.25) is 0 Å². The van der Waals surface area contributed by atoms with E-state index in [4.69, 9.17) is 5.11 Å². The van der Waals surface area contributed by atoms with Gasteiger partial charge in [0.25, 0.3) is 0 Å². The van der Waals surface area contributed by atoms with Crippen molar-refractivity contribution in [2.75, 3.05) is 39.3 Å². The fourth-order valence-electron chi connectivity index (χ4n) is 1.01. The van der Waals surface area contributed by atoms with E-state index in [0.29, 0.717) is 0 Å². The molecule has 0 aromatic heterocycles. The molecule has 1 saturated heterocycles. The standard InChI is InChI=1S/C6H13N2O/c9-6-5-8-3-1-7-2-4-8/h9H,1-6H2/q-1. The van der Waals surface area contributed by atoms with Crippen LogP contribution in [0, 0.1) is 0 Å². The number of aliphatic hydroxyl groups excluding tert-OH is 1. The Morgan fingerprint density at radius 2 is 2.00 bits per heavy atom. The number of hydrogen-bond acceptors (Lipinski definition) is 2. The third-order valence-corrected chi connectivity index (χ3v) is 1.56. The molecule has 0 spiro atoms. The van der Waals surface area contributed by atoms with Crippen LogP contribution in [0.15, 0.2) is 0 Å². The average molecular weight is 129 g/mol. The molecule has 0 saturated carbocycles. The van der Waals surface area contributed by atoms with E-state index in [9.17, 15) is 0 Å². The van der Waals surface area contributed by atoms with E-state index in [1.54, 1.807) is 0 Å². The predicted molar refractivity (Wildman–Crippen MR) is 36.6 cm³/mol. The Labute approximate surface area is 55.7 Å². The maximum Gasteiger partial charge on any atom is 0.0558 e. The largest absolute Gasteiger partial charge is 0.660 e. The summed E-state index contributed by atoms with van der Waals surface area (Å²) in [6, 6.07) is 0. The van der Waals surface area contributed by atoms with Crippen LogP contribution in [0.4, 0.5) is 0 Å². The SMILES string of the molecule is OCCN1CC[N-]CC1. The van der Waals surface area contributed by atoms with Gasteiger partial charge in [-0.1, -0.05) is 0 Å². The van der Waals surface area contributed by atoms with Crippen molar-refractivity contribution in [3.63, 3.8) is 0 Å². The Bertz CT molecular complexity index is 68.7. The first-order valence-corrected chi connectivity index (χ1v) is 3.40. The zero-order valence-corrected chi connectivity index (χ0v) is 5.58. The minimum absolute atomic E-state index is 0.278. The fraction of sp³-hybridized carbons (Fsp3) is 1.00. The second kappa shape index (κ2) is 3.82. The van der Waals surface area contributed by atoms with Crippen molar-refractivity contribution in [1.82, 2.24) is 4.90 Å². The predicted octanol–water partition coefficient (Wildman–Crippen LogP) is -0.332. The fourth-order valence-corrected chi connectivity index (χ4v) is 1.01. The summed E-state index contributed by atoms with van der Waals surface area (Å²) in [7, 11) is 0. The van der Waals surface area contributed by atoms with Gasteiger partial charge < -0.3 is 15.3 Å². The number of aliphatic hydroxyl groups is 1. The van der Waals surface area contributed by atoms with Gasteiger partial charge in [0.15, 0.2) is 0 Å². The first-order valence-electron chi connectivity index (χ1n) is 3.40. The quantitative estimate of drug-likeness (QED) is 0.554. The highest BCUT2D eigenvalue weighted by atomic mass is 16.3. The van der Waals surface area contributed by atoms with Gasteiger partial charge in [-0.3, -0.25) is 0 Å². The van der Waals surface area contributed by atoms with Crippen molar-refractivity contribution in [3.8, 4) is 0 Å². The van der Waals surface area contributed by atoms with Gasteiger partial charge in [0, 0.05) is 6.54 Å². The molecule has 0 bridgehead atoms. The second-order valence-electron chi connectivity index (χ2n) is 2.24. The van der Waals surface area contributed by atoms with Gasteiger partial charge in [-0.05, 0) is 13.1 Å². The Balaban J connectivity index is 2.08. The summed E-state index contributed by atoms with van der Waals surface area (Å²) in [5, 5.41) is 12.7. The number of hydrogen-bond donors (Lipinski definition) is 1. The summed E-state index contributed by atoms with van der Waals surface area (Å²) in [6.45, 7) is 5.04. The number of piperazine rings is 1. The highest BCUT2D eigenvalue weighted by molar-refractivity contribution is 4.87. The van der Waals surface area contributed by atoms with E-state index in [1.165, 1.54) is 0 Å². The van der Waals surface area contributed by atoms with Crippen LogP contribution in [0.3, 0.4) is 0 Å². The molecule has 54 valence electrons. The molecule has 1 fully saturated rings. The zero-order valence-electron chi connectivity index (χ0n) is 5.58. The molecule has 3 nitrogen and oxygen atoms in total. The van der Waals surface area contributed by atoms with Crippen LogP contribution in [0.2, 0.25) is 0 Å². The lowest BCUT2D eigenvalue weighted by Crippen LogP contribution is -2.35. The summed E-state index contributed by atoms with van der Waals surface area (Å²) in [6.07, 6.45) is 0. The molecule has 1 aliphatic rings. The van der Waals surface area contributed by atoms with Crippen LogP contribution in [-0.2, 0) is 0 Å². The Kier molecular flexibility index (Phi) is 2.97. The topological polar surface area (TPSA) is 37.6 Å². The molecule has 0 amide bonds. The molecule has 0 radical (unpaired) electrons. The maximum absolute atomic E-state index is 8.55. The summed E-state index contributed by atoms with van der Waals surface area (Å²) in [4.78, 5) is 2.23. The average Bonchev–Trinajstić information content (AvgIpc) is 1.91. The molecule has 1 aliphatic heterocycles. The Morgan fingerprint density at radius 3 is 2.56 bits per heavy atom. The third-order valence-electron chi connectivity index (χ3n) is 1.56. The molecule has 1 N–H and O–H groups in total. The van der Waals surface area contributed by atoms with Crippen LogP contribution >= 0.6 is 0 Å². The minimum atomic E-state index is 0.278. The summed E-state index contributed by atoms with van der Waals surface area (Å²) >= 11 is 0. The van der Waals surface area contributed by atoms with Crippen LogP contribution in [0.5, 0.6) is 0 Å². The summed E-state index contributed by atoms with van der Waals surface area (Å²) in [5.74, 6) is 0. The third kappa shape index (κ3) is 2.30. The molecular formula is C6H13N2O-. The molecule has 0 atom stereocenters. The Hall–Kier alpha value is -0.120. The molecule has 1 heterocycles. The van der Waals surface area contributed by atoms with Crippen molar-refractivity contribution in [2.45, 2.75) is 0 Å². The van der Waals surface area contributed by atoms with Gasteiger partial charge in [0.1, 0.15) is 0 Å². The highest BCUT2D eigenvalue weighted by Gasteiger charge is 2.00. The van der Waals surface area contributed by atoms with E-state index in [1.807, 2.05) is 0 Å². The first kappa shape index (κ1) is 6.99. The Morgan fingerprint density at radius 1 is 1.33 bits per heavy atom. The molecule has 3 heteroatoms. The molecule has 0 aromatic rings. The molecule has 0 unspecified atom stereocenters. The van der Waals surface area contributed by atoms with Crippen molar-refractivity contribution in [2.24, 2.45) is 0 Å². The van der Waals surface area contributed by atoms with Gasteiger partial charge in [-0.15, -0.1) is 13.1 Å².